The van der Waals surface area contributed by atoms with E-state index in [0.29, 0.717) is 29.0 Å². The maximum absolute atomic E-state index is 12.4. The van der Waals surface area contributed by atoms with Gasteiger partial charge < -0.3 is 19.6 Å². The van der Waals surface area contributed by atoms with Crippen LogP contribution in [0, 0.1) is 0 Å². The lowest BCUT2D eigenvalue weighted by atomic mass is 10.0. The number of methoxy groups -OCH3 is 1. The molecule has 0 amide bonds. The predicted octanol–water partition coefficient (Wildman–Crippen LogP) is 2.85. The fourth-order valence-electron chi connectivity index (χ4n) is 2.77. The van der Waals surface area contributed by atoms with E-state index < -0.39 is 0 Å². The van der Waals surface area contributed by atoms with Gasteiger partial charge in [0.05, 0.1) is 18.2 Å². The number of hydrogen-bond donors (Lipinski definition) is 2. The van der Waals surface area contributed by atoms with Crippen molar-refractivity contribution in [2.45, 2.75) is 6.42 Å². The normalized spacial score (nSPS) is 12.0. The third-order valence-corrected chi connectivity index (χ3v) is 4.00. The zero-order chi connectivity index (χ0) is 16.7. The number of nitrogens with zero attached hydrogens (tertiary/aromatic N) is 1. The van der Waals surface area contributed by atoms with Crippen molar-refractivity contribution in [2.24, 2.45) is 0 Å². The summed E-state index contributed by atoms with van der Waals surface area (Å²) in [4.78, 5) is 19.5. The summed E-state index contributed by atoms with van der Waals surface area (Å²) in [6, 6.07) is 12.5. The number of nitrogens with one attached hydrogen (secondary N) is 1. The summed E-state index contributed by atoms with van der Waals surface area (Å²) < 4.78 is 10.9. The molecule has 1 aliphatic heterocycles. The summed E-state index contributed by atoms with van der Waals surface area (Å²) in [5.41, 5.74) is 1.50. The fraction of sp³-hybridized carbons (Fsp3) is 0.111. The van der Waals surface area contributed by atoms with Gasteiger partial charge in [-0.15, -0.1) is 0 Å². The Morgan fingerprint density at radius 3 is 2.88 bits per heavy atom. The molecule has 24 heavy (non-hydrogen) atoms. The Morgan fingerprint density at radius 2 is 2.04 bits per heavy atom. The highest BCUT2D eigenvalue weighted by atomic mass is 16.5. The summed E-state index contributed by atoms with van der Waals surface area (Å²) in [5.74, 6) is 1.39. The SMILES string of the molecule is COc1cccc(-c2nc3c(c(=O)[nH]2)Cc2ccccc2O3)c1O. The number of para-hydroxylation sites is 2. The second kappa shape index (κ2) is 5.42. The molecule has 0 saturated carbocycles. The molecule has 0 unspecified atom stereocenters. The number of H-pyrrole nitrogens is 1. The van der Waals surface area contributed by atoms with Gasteiger partial charge in [0, 0.05) is 6.42 Å². The van der Waals surface area contributed by atoms with Crippen LogP contribution in [0.5, 0.6) is 23.1 Å². The molecular weight excluding hydrogens is 308 g/mol. The number of ether oxygens (including phenoxy) is 2. The highest BCUT2D eigenvalue weighted by Crippen LogP contribution is 2.37. The Bertz CT molecular complexity index is 995. The second-order valence-electron chi connectivity index (χ2n) is 5.44. The van der Waals surface area contributed by atoms with Gasteiger partial charge in [-0.25, -0.2) is 0 Å². The Morgan fingerprint density at radius 1 is 1.21 bits per heavy atom. The van der Waals surface area contributed by atoms with E-state index in [1.165, 1.54) is 7.11 Å². The van der Waals surface area contributed by atoms with Crippen LogP contribution in [0.25, 0.3) is 11.4 Å². The lowest BCUT2D eigenvalue weighted by molar-refractivity contribution is 0.374. The van der Waals surface area contributed by atoms with E-state index in [4.69, 9.17) is 9.47 Å². The molecular formula is C18H14N2O4. The molecule has 2 aromatic carbocycles. The Balaban J connectivity index is 1.85. The summed E-state index contributed by atoms with van der Waals surface area (Å²) in [6.07, 6.45) is 0.457. The highest BCUT2D eigenvalue weighted by Gasteiger charge is 2.23. The molecule has 6 heteroatoms. The molecule has 0 radical (unpaired) electrons. The number of hydrogen-bond acceptors (Lipinski definition) is 5. The zero-order valence-corrected chi connectivity index (χ0v) is 12.9. The number of fused-ring (bicyclic) bond motifs is 2. The number of aromatic amines is 1. The van der Waals surface area contributed by atoms with Crippen LogP contribution in [-0.2, 0) is 6.42 Å². The van der Waals surface area contributed by atoms with Crippen molar-refractivity contribution in [1.29, 1.82) is 0 Å². The molecule has 0 bridgehead atoms. The zero-order valence-electron chi connectivity index (χ0n) is 12.9. The third-order valence-electron chi connectivity index (χ3n) is 4.00. The largest absolute Gasteiger partial charge is 0.504 e. The van der Waals surface area contributed by atoms with E-state index in [-0.39, 0.29) is 23.0 Å². The van der Waals surface area contributed by atoms with Crippen LogP contribution >= 0.6 is 0 Å². The molecule has 1 aliphatic rings. The van der Waals surface area contributed by atoms with Crippen molar-refractivity contribution in [1.82, 2.24) is 9.97 Å². The molecule has 4 rings (SSSR count). The second-order valence-corrected chi connectivity index (χ2v) is 5.44. The number of rotatable bonds is 2. The average molecular weight is 322 g/mol. The van der Waals surface area contributed by atoms with Gasteiger partial charge in [-0.2, -0.15) is 4.98 Å². The van der Waals surface area contributed by atoms with Gasteiger partial charge in [-0.3, -0.25) is 4.79 Å². The van der Waals surface area contributed by atoms with Gasteiger partial charge in [0.1, 0.15) is 11.6 Å². The van der Waals surface area contributed by atoms with Crippen molar-refractivity contribution in [3.63, 3.8) is 0 Å². The first-order valence-corrected chi connectivity index (χ1v) is 7.42. The quantitative estimate of drug-likeness (QED) is 0.593. The van der Waals surface area contributed by atoms with E-state index in [1.807, 2.05) is 24.3 Å². The summed E-state index contributed by atoms with van der Waals surface area (Å²) >= 11 is 0. The number of aromatic nitrogens is 2. The fourth-order valence-corrected chi connectivity index (χ4v) is 2.77. The molecule has 2 N–H and O–H groups in total. The minimum Gasteiger partial charge on any atom is -0.504 e. The monoisotopic (exact) mass is 322 g/mol. The van der Waals surface area contributed by atoms with Gasteiger partial charge in [0.2, 0.25) is 5.88 Å². The van der Waals surface area contributed by atoms with E-state index in [9.17, 15) is 9.90 Å². The van der Waals surface area contributed by atoms with Crippen LogP contribution in [0.2, 0.25) is 0 Å². The highest BCUT2D eigenvalue weighted by molar-refractivity contribution is 5.68. The predicted molar refractivity (Wildman–Crippen MR) is 87.8 cm³/mol. The van der Waals surface area contributed by atoms with Crippen molar-refractivity contribution in [2.75, 3.05) is 7.11 Å². The van der Waals surface area contributed by atoms with E-state index >= 15 is 0 Å². The van der Waals surface area contributed by atoms with Crippen molar-refractivity contribution < 1.29 is 14.6 Å². The van der Waals surface area contributed by atoms with Crippen molar-refractivity contribution >= 4 is 0 Å². The molecule has 6 nitrogen and oxygen atoms in total. The van der Waals surface area contributed by atoms with Crippen molar-refractivity contribution in [3.05, 3.63) is 63.9 Å². The smallest absolute Gasteiger partial charge is 0.258 e. The number of benzene rings is 2. The molecule has 0 fully saturated rings. The molecule has 0 aliphatic carbocycles. The molecule has 0 spiro atoms. The van der Waals surface area contributed by atoms with Crippen molar-refractivity contribution in [3.8, 4) is 34.5 Å². The van der Waals surface area contributed by atoms with Crippen LogP contribution in [-0.4, -0.2) is 22.2 Å². The maximum atomic E-state index is 12.4. The number of phenolic OH excluding ortho intramolecular Hbond substituents is 1. The lowest BCUT2D eigenvalue weighted by Gasteiger charge is -2.19. The molecule has 2 heterocycles. The summed E-state index contributed by atoms with van der Waals surface area (Å²) in [5, 5.41) is 10.3. The molecule has 0 saturated heterocycles. The minimum atomic E-state index is -0.285. The number of phenols is 1. The van der Waals surface area contributed by atoms with E-state index in [1.54, 1.807) is 18.2 Å². The molecule has 120 valence electrons. The molecule has 0 atom stereocenters. The van der Waals surface area contributed by atoms with Gasteiger partial charge in [0.15, 0.2) is 11.5 Å². The Hall–Kier alpha value is -3.28. The van der Waals surface area contributed by atoms with E-state index in [0.717, 1.165) is 5.56 Å². The Kier molecular flexibility index (Phi) is 3.23. The molecule has 3 aromatic rings. The average Bonchev–Trinajstić information content (AvgIpc) is 2.60. The third kappa shape index (κ3) is 2.20. The van der Waals surface area contributed by atoms with Crippen LogP contribution in [0.1, 0.15) is 11.1 Å². The minimum absolute atomic E-state index is 0.0840. The first kappa shape index (κ1) is 14.3. The topological polar surface area (TPSA) is 84.4 Å². The lowest BCUT2D eigenvalue weighted by Crippen LogP contribution is -2.20. The standard InChI is InChI=1S/C18H14N2O4/c1-23-14-8-4-6-11(15(14)21)16-19-17(22)12-9-10-5-2-3-7-13(10)24-18(12)20-16/h2-8,21H,9H2,1H3,(H,19,20,22). The van der Waals surface area contributed by atoms with Crippen LogP contribution in [0.15, 0.2) is 47.3 Å². The maximum Gasteiger partial charge on any atom is 0.258 e. The first-order chi connectivity index (χ1) is 11.7. The van der Waals surface area contributed by atoms with Gasteiger partial charge in [-0.1, -0.05) is 24.3 Å². The van der Waals surface area contributed by atoms with Crippen LogP contribution in [0.4, 0.5) is 0 Å². The van der Waals surface area contributed by atoms with Gasteiger partial charge >= 0.3 is 0 Å². The number of aromatic hydroxyl groups is 1. The van der Waals surface area contributed by atoms with E-state index in [2.05, 4.69) is 9.97 Å². The molecule has 1 aromatic heterocycles. The summed E-state index contributed by atoms with van der Waals surface area (Å²) in [7, 11) is 1.46. The first-order valence-electron chi connectivity index (χ1n) is 7.42. The summed E-state index contributed by atoms with van der Waals surface area (Å²) in [6.45, 7) is 0. The van der Waals surface area contributed by atoms with Gasteiger partial charge in [-0.05, 0) is 23.8 Å². The van der Waals surface area contributed by atoms with Crippen LogP contribution < -0.4 is 15.0 Å². The van der Waals surface area contributed by atoms with Gasteiger partial charge in [0.25, 0.3) is 5.56 Å². The Labute approximate surface area is 137 Å². The van der Waals surface area contributed by atoms with Crippen LogP contribution in [0.3, 0.4) is 0 Å².